The van der Waals surface area contributed by atoms with E-state index in [4.69, 9.17) is 10.5 Å². The zero-order valence-electron chi connectivity index (χ0n) is 15.1. The summed E-state index contributed by atoms with van der Waals surface area (Å²) in [5.41, 5.74) is 13.6. The molecule has 0 bridgehead atoms. The summed E-state index contributed by atoms with van der Waals surface area (Å²) in [6.07, 6.45) is 1.65. The largest absolute Gasteiger partial charge is 0.506 e. The number of fused-ring (bicyclic) bond motifs is 2. The Hall–Kier alpha value is -2.40. The summed E-state index contributed by atoms with van der Waals surface area (Å²) in [6.45, 7) is 4.73. The lowest BCUT2D eigenvalue weighted by atomic mass is 9.74. The number of rotatable bonds is 1. The van der Waals surface area contributed by atoms with Crippen molar-refractivity contribution in [1.29, 1.82) is 0 Å². The second-order valence-electron chi connectivity index (χ2n) is 7.21. The number of nitrogens with two attached hydrogens (primary N) is 1. The fraction of sp³-hybridized carbons (Fsp3) is 0.400. The summed E-state index contributed by atoms with van der Waals surface area (Å²) >= 11 is 0. The summed E-state index contributed by atoms with van der Waals surface area (Å²) in [7, 11) is 3.70. The molecule has 0 amide bonds. The monoisotopic (exact) mass is 340 g/mol. The maximum Gasteiger partial charge on any atom is 0.168 e. The first-order chi connectivity index (χ1) is 11.9. The van der Waals surface area contributed by atoms with Crippen molar-refractivity contribution >= 4 is 5.69 Å². The van der Waals surface area contributed by atoms with Crippen molar-refractivity contribution < 1.29 is 14.9 Å². The van der Waals surface area contributed by atoms with Crippen LogP contribution in [0.1, 0.15) is 33.9 Å². The molecule has 0 fully saturated rings. The van der Waals surface area contributed by atoms with Gasteiger partial charge in [-0.2, -0.15) is 0 Å². The van der Waals surface area contributed by atoms with Crippen LogP contribution in [0.4, 0.5) is 5.69 Å². The molecule has 1 unspecified atom stereocenters. The predicted molar refractivity (Wildman–Crippen MR) is 98.4 cm³/mol. The van der Waals surface area contributed by atoms with Crippen LogP contribution in [-0.4, -0.2) is 35.8 Å². The van der Waals surface area contributed by atoms with E-state index in [-0.39, 0.29) is 17.5 Å². The molecule has 4 N–H and O–H groups in total. The molecule has 4 rings (SSSR count). The number of phenolic OH excluding ortho intramolecular Hbond substituents is 2. The molecule has 0 spiro atoms. The highest BCUT2D eigenvalue weighted by molar-refractivity contribution is 5.88. The molecule has 1 heterocycles. The molecule has 0 saturated carbocycles. The van der Waals surface area contributed by atoms with E-state index in [9.17, 15) is 10.2 Å². The van der Waals surface area contributed by atoms with Gasteiger partial charge in [0.25, 0.3) is 0 Å². The van der Waals surface area contributed by atoms with E-state index >= 15 is 0 Å². The van der Waals surface area contributed by atoms with Crippen LogP contribution in [0, 0.1) is 13.8 Å². The first-order valence-corrected chi connectivity index (χ1v) is 8.60. The molecular weight excluding hydrogens is 316 g/mol. The Kier molecular flexibility index (Phi) is 3.41. The zero-order valence-corrected chi connectivity index (χ0v) is 15.1. The molecule has 132 valence electrons. The SMILES string of the molecule is COc1c(O)c(C)c2c3c1-c1cc(C)c(O)c(N)c1CC3N(C)CC2. The fourth-order valence-corrected chi connectivity index (χ4v) is 4.49. The Morgan fingerprint density at radius 1 is 1.20 bits per heavy atom. The minimum Gasteiger partial charge on any atom is -0.506 e. The van der Waals surface area contributed by atoms with Crippen molar-refractivity contribution in [3.8, 4) is 28.4 Å². The van der Waals surface area contributed by atoms with Crippen LogP contribution in [0.3, 0.4) is 0 Å². The Balaban J connectivity index is 2.17. The third kappa shape index (κ3) is 1.99. The van der Waals surface area contributed by atoms with E-state index in [1.54, 1.807) is 7.11 Å². The summed E-state index contributed by atoms with van der Waals surface area (Å²) in [4.78, 5) is 2.32. The summed E-state index contributed by atoms with van der Waals surface area (Å²) in [5.74, 6) is 0.856. The van der Waals surface area contributed by atoms with Crippen molar-refractivity contribution in [2.45, 2.75) is 32.7 Å². The van der Waals surface area contributed by atoms with Gasteiger partial charge in [-0.3, -0.25) is 4.90 Å². The Labute approximate surface area is 147 Å². The molecule has 1 aliphatic heterocycles. The second kappa shape index (κ2) is 5.30. The molecule has 2 aliphatic rings. The van der Waals surface area contributed by atoms with Gasteiger partial charge < -0.3 is 20.7 Å². The van der Waals surface area contributed by atoms with Crippen LogP contribution in [-0.2, 0) is 12.8 Å². The summed E-state index contributed by atoms with van der Waals surface area (Å²) < 4.78 is 5.63. The van der Waals surface area contributed by atoms with E-state index in [0.717, 1.165) is 47.2 Å². The van der Waals surface area contributed by atoms with Crippen molar-refractivity contribution in [2.75, 3.05) is 26.4 Å². The molecule has 25 heavy (non-hydrogen) atoms. The number of methoxy groups -OCH3 is 1. The number of ether oxygens (including phenoxy) is 1. The van der Waals surface area contributed by atoms with E-state index in [0.29, 0.717) is 11.4 Å². The fourth-order valence-electron chi connectivity index (χ4n) is 4.49. The smallest absolute Gasteiger partial charge is 0.168 e. The van der Waals surface area contributed by atoms with Gasteiger partial charge in [-0.1, -0.05) is 0 Å². The quantitative estimate of drug-likeness (QED) is 0.549. The number of aryl methyl sites for hydroxylation is 1. The standard InChI is InChI=1S/C20H24N2O3/c1-9-7-12-13(17(21)18(9)23)8-14-15-11(5-6-22(14)3)10(2)19(24)20(25-4)16(12)15/h7,14,23-24H,5-6,8,21H2,1-4H3. The van der Waals surface area contributed by atoms with Gasteiger partial charge in [0.1, 0.15) is 5.75 Å². The molecule has 1 atom stereocenters. The molecule has 2 aromatic rings. The first-order valence-electron chi connectivity index (χ1n) is 8.60. The van der Waals surface area contributed by atoms with E-state index < -0.39 is 0 Å². The number of likely N-dealkylation sites (N-methyl/N-ethyl adjacent to an activating group) is 1. The van der Waals surface area contributed by atoms with Gasteiger partial charge in [0.2, 0.25) is 0 Å². The van der Waals surface area contributed by atoms with Gasteiger partial charge in [0.05, 0.1) is 12.8 Å². The molecule has 1 aliphatic carbocycles. The van der Waals surface area contributed by atoms with Gasteiger partial charge >= 0.3 is 0 Å². The number of anilines is 1. The third-order valence-electron chi connectivity index (χ3n) is 5.93. The highest BCUT2D eigenvalue weighted by Gasteiger charge is 2.38. The number of nitrogens with zero attached hydrogens (tertiary/aromatic N) is 1. The number of nitrogen functional groups attached to an aromatic ring is 1. The highest BCUT2D eigenvalue weighted by Crippen LogP contribution is 2.55. The summed E-state index contributed by atoms with van der Waals surface area (Å²) in [6, 6.07) is 2.13. The molecular formula is C20H24N2O3. The topological polar surface area (TPSA) is 78.9 Å². The predicted octanol–water partition coefficient (Wildman–Crippen LogP) is 3.06. The number of aromatic hydroxyl groups is 2. The van der Waals surface area contributed by atoms with Crippen molar-refractivity contribution in [3.63, 3.8) is 0 Å². The number of phenols is 2. The number of benzene rings is 2. The van der Waals surface area contributed by atoms with Crippen LogP contribution in [0.2, 0.25) is 0 Å². The lowest BCUT2D eigenvalue weighted by Crippen LogP contribution is -2.36. The van der Waals surface area contributed by atoms with Crippen LogP contribution < -0.4 is 10.5 Å². The van der Waals surface area contributed by atoms with Crippen LogP contribution in [0.15, 0.2) is 6.07 Å². The maximum atomic E-state index is 10.7. The van der Waals surface area contributed by atoms with Crippen LogP contribution >= 0.6 is 0 Å². The minimum absolute atomic E-state index is 0.149. The average molecular weight is 340 g/mol. The first kappa shape index (κ1) is 16.1. The second-order valence-corrected chi connectivity index (χ2v) is 7.21. The lowest BCUT2D eigenvalue weighted by Gasteiger charge is -2.41. The van der Waals surface area contributed by atoms with Gasteiger partial charge in [-0.15, -0.1) is 0 Å². The molecule has 5 heteroatoms. The van der Waals surface area contributed by atoms with Crippen molar-refractivity contribution in [2.24, 2.45) is 0 Å². The van der Waals surface area contributed by atoms with Gasteiger partial charge in [-0.25, -0.2) is 0 Å². The molecule has 5 nitrogen and oxygen atoms in total. The number of hydrogen-bond acceptors (Lipinski definition) is 5. The zero-order chi connectivity index (χ0) is 18.0. The Bertz CT molecular complexity index is 905. The Morgan fingerprint density at radius 2 is 1.92 bits per heavy atom. The van der Waals surface area contributed by atoms with Crippen LogP contribution in [0.25, 0.3) is 11.1 Å². The highest BCUT2D eigenvalue weighted by atomic mass is 16.5. The number of hydrogen-bond donors (Lipinski definition) is 3. The normalized spacial score (nSPS) is 18.6. The van der Waals surface area contributed by atoms with E-state index in [1.807, 2.05) is 19.9 Å². The Morgan fingerprint density at radius 3 is 2.60 bits per heavy atom. The van der Waals surface area contributed by atoms with Crippen molar-refractivity contribution in [1.82, 2.24) is 4.90 Å². The minimum atomic E-state index is 0.149. The van der Waals surface area contributed by atoms with Gasteiger partial charge in [-0.05, 0) is 73.2 Å². The molecule has 0 radical (unpaired) electrons. The third-order valence-corrected chi connectivity index (χ3v) is 5.93. The van der Waals surface area contributed by atoms with E-state index in [1.165, 1.54) is 11.1 Å². The lowest BCUT2D eigenvalue weighted by molar-refractivity contribution is 0.226. The van der Waals surface area contributed by atoms with Gasteiger partial charge in [0, 0.05) is 18.2 Å². The van der Waals surface area contributed by atoms with Crippen LogP contribution in [0.5, 0.6) is 17.2 Å². The molecule has 2 aromatic carbocycles. The average Bonchev–Trinajstić information content (AvgIpc) is 2.59. The summed E-state index contributed by atoms with van der Waals surface area (Å²) in [5, 5.41) is 21.1. The molecule has 0 aromatic heterocycles. The van der Waals surface area contributed by atoms with E-state index in [2.05, 4.69) is 11.9 Å². The maximum absolute atomic E-state index is 10.7. The molecule has 0 saturated heterocycles. The van der Waals surface area contributed by atoms with Gasteiger partial charge in [0.15, 0.2) is 11.5 Å². The van der Waals surface area contributed by atoms with Crippen molar-refractivity contribution in [3.05, 3.63) is 33.9 Å².